The Morgan fingerprint density at radius 1 is 1.29 bits per heavy atom. The number of methoxy groups -OCH3 is 1. The summed E-state index contributed by atoms with van der Waals surface area (Å²) in [5.74, 6) is 0.440. The predicted octanol–water partition coefficient (Wildman–Crippen LogP) is 3.20. The average molecular weight is 305 g/mol. The van der Waals surface area contributed by atoms with Crippen LogP contribution in [0.2, 0.25) is 5.02 Å². The quantitative estimate of drug-likeness (QED) is 0.883. The number of halogens is 1. The molecule has 2 aromatic carbocycles. The molecule has 21 heavy (non-hydrogen) atoms. The number of nitrogens with zero attached hydrogens (tertiary/aromatic N) is 1. The van der Waals surface area contributed by atoms with Gasteiger partial charge in [-0.15, -0.1) is 0 Å². The number of hydrogen-bond acceptors (Lipinski definition) is 3. The standard InChI is InChI=1S/C16H17ClN2O2/c1-19(10-11-4-3-5-12(17)8-11)16(20)14-9-13(21-2)6-7-15(14)18/h3-9H,10,18H2,1-2H3. The van der Waals surface area contributed by atoms with Gasteiger partial charge in [0.25, 0.3) is 5.91 Å². The lowest BCUT2D eigenvalue weighted by molar-refractivity contribution is 0.0786. The Labute approximate surface area is 129 Å². The van der Waals surface area contributed by atoms with Crippen molar-refractivity contribution in [1.29, 1.82) is 0 Å². The van der Waals surface area contributed by atoms with E-state index >= 15 is 0 Å². The van der Waals surface area contributed by atoms with Crippen molar-refractivity contribution in [3.63, 3.8) is 0 Å². The minimum absolute atomic E-state index is 0.161. The third kappa shape index (κ3) is 3.67. The van der Waals surface area contributed by atoms with Crippen LogP contribution < -0.4 is 10.5 Å². The molecule has 2 rings (SSSR count). The maximum absolute atomic E-state index is 12.5. The molecule has 0 fully saturated rings. The number of ether oxygens (including phenoxy) is 1. The zero-order chi connectivity index (χ0) is 15.4. The molecule has 0 heterocycles. The van der Waals surface area contributed by atoms with Crippen LogP contribution >= 0.6 is 11.6 Å². The van der Waals surface area contributed by atoms with Gasteiger partial charge in [-0.1, -0.05) is 23.7 Å². The van der Waals surface area contributed by atoms with Crippen LogP contribution in [0, 0.1) is 0 Å². The largest absolute Gasteiger partial charge is 0.497 e. The predicted molar refractivity (Wildman–Crippen MR) is 84.7 cm³/mol. The fourth-order valence-corrected chi connectivity index (χ4v) is 2.25. The van der Waals surface area contributed by atoms with Crippen LogP contribution in [0.5, 0.6) is 5.75 Å². The van der Waals surface area contributed by atoms with E-state index in [9.17, 15) is 4.79 Å². The van der Waals surface area contributed by atoms with Gasteiger partial charge in [-0.3, -0.25) is 4.79 Å². The van der Waals surface area contributed by atoms with Gasteiger partial charge in [-0.05, 0) is 35.9 Å². The van der Waals surface area contributed by atoms with Crippen LogP contribution in [0.15, 0.2) is 42.5 Å². The van der Waals surface area contributed by atoms with Gasteiger partial charge in [0.1, 0.15) is 5.75 Å². The lowest BCUT2D eigenvalue weighted by Gasteiger charge is -2.19. The van der Waals surface area contributed by atoms with Crippen LogP contribution in [0.4, 0.5) is 5.69 Å². The normalized spacial score (nSPS) is 10.2. The number of carbonyl (C=O) groups excluding carboxylic acids is 1. The van der Waals surface area contributed by atoms with E-state index < -0.39 is 0 Å². The van der Waals surface area contributed by atoms with E-state index in [2.05, 4.69) is 0 Å². The van der Waals surface area contributed by atoms with Crippen molar-refractivity contribution in [2.45, 2.75) is 6.54 Å². The summed E-state index contributed by atoms with van der Waals surface area (Å²) in [5.41, 5.74) is 7.69. The summed E-state index contributed by atoms with van der Waals surface area (Å²) < 4.78 is 5.13. The second-order valence-corrected chi connectivity index (χ2v) is 5.18. The summed E-state index contributed by atoms with van der Waals surface area (Å²) in [6.07, 6.45) is 0. The average Bonchev–Trinajstić information content (AvgIpc) is 2.47. The number of hydrogen-bond donors (Lipinski definition) is 1. The monoisotopic (exact) mass is 304 g/mol. The van der Waals surface area contributed by atoms with Gasteiger partial charge in [0.2, 0.25) is 0 Å². The molecular weight excluding hydrogens is 288 g/mol. The number of rotatable bonds is 4. The first-order valence-corrected chi connectivity index (χ1v) is 6.82. The van der Waals surface area contributed by atoms with Crippen LogP contribution in [0.1, 0.15) is 15.9 Å². The Kier molecular flexibility index (Phi) is 4.70. The maximum atomic E-state index is 12.5. The Morgan fingerprint density at radius 2 is 2.05 bits per heavy atom. The molecule has 0 spiro atoms. The summed E-state index contributed by atoms with van der Waals surface area (Å²) in [5, 5.41) is 0.647. The third-order valence-electron chi connectivity index (χ3n) is 3.15. The van der Waals surface area contributed by atoms with Gasteiger partial charge in [-0.2, -0.15) is 0 Å². The maximum Gasteiger partial charge on any atom is 0.256 e. The highest BCUT2D eigenvalue weighted by molar-refractivity contribution is 6.30. The first-order valence-electron chi connectivity index (χ1n) is 6.44. The second-order valence-electron chi connectivity index (χ2n) is 4.74. The molecule has 110 valence electrons. The molecule has 0 radical (unpaired) electrons. The summed E-state index contributed by atoms with van der Waals surface area (Å²) in [7, 11) is 3.28. The fraction of sp³-hybridized carbons (Fsp3) is 0.188. The van der Waals surface area contributed by atoms with Gasteiger partial charge in [-0.25, -0.2) is 0 Å². The Bertz CT molecular complexity index is 658. The topological polar surface area (TPSA) is 55.6 Å². The molecule has 2 N–H and O–H groups in total. The molecule has 0 saturated carbocycles. The van der Waals surface area contributed by atoms with E-state index in [1.165, 1.54) is 0 Å². The van der Waals surface area contributed by atoms with Gasteiger partial charge >= 0.3 is 0 Å². The molecule has 0 atom stereocenters. The Morgan fingerprint density at radius 3 is 2.71 bits per heavy atom. The number of anilines is 1. The summed E-state index contributed by atoms with van der Waals surface area (Å²) in [6.45, 7) is 0.454. The molecule has 0 aromatic heterocycles. The van der Waals surface area contributed by atoms with E-state index in [1.807, 2.05) is 18.2 Å². The lowest BCUT2D eigenvalue weighted by atomic mass is 10.1. The summed E-state index contributed by atoms with van der Waals surface area (Å²) in [4.78, 5) is 14.1. The first-order chi connectivity index (χ1) is 10.0. The van der Waals surface area contributed by atoms with Crippen molar-refractivity contribution in [3.8, 4) is 5.75 Å². The minimum atomic E-state index is -0.161. The number of amides is 1. The molecule has 0 aliphatic rings. The van der Waals surface area contributed by atoms with Crippen molar-refractivity contribution in [2.75, 3.05) is 19.9 Å². The van der Waals surface area contributed by atoms with E-state index in [0.29, 0.717) is 28.6 Å². The second kappa shape index (κ2) is 6.50. The van der Waals surface area contributed by atoms with Gasteiger partial charge in [0.15, 0.2) is 0 Å². The molecule has 0 aliphatic heterocycles. The molecule has 1 amide bonds. The van der Waals surface area contributed by atoms with Crippen LogP contribution in [-0.2, 0) is 6.54 Å². The molecule has 5 heteroatoms. The third-order valence-corrected chi connectivity index (χ3v) is 3.38. The van der Waals surface area contributed by atoms with Crippen molar-refractivity contribution in [3.05, 3.63) is 58.6 Å². The summed E-state index contributed by atoms with van der Waals surface area (Å²) >= 11 is 5.95. The van der Waals surface area contributed by atoms with Gasteiger partial charge in [0, 0.05) is 24.3 Å². The highest BCUT2D eigenvalue weighted by atomic mass is 35.5. The van der Waals surface area contributed by atoms with Crippen LogP contribution in [0.25, 0.3) is 0 Å². The number of benzene rings is 2. The Balaban J connectivity index is 2.19. The zero-order valence-electron chi connectivity index (χ0n) is 12.0. The van der Waals surface area contributed by atoms with Crippen molar-refractivity contribution < 1.29 is 9.53 Å². The van der Waals surface area contributed by atoms with E-state index in [4.69, 9.17) is 22.1 Å². The Hall–Kier alpha value is -2.20. The van der Waals surface area contributed by atoms with Crippen molar-refractivity contribution in [2.24, 2.45) is 0 Å². The minimum Gasteiger partial charge on any atom is -0.497 e. The summed E-state index contributed by atoms with van der Waals surface area (Å²) in [6, 6.07) is 12.4. The van der Waals surface area contributed by atoms with E-state index in [-0.39, 0.29) is 5.91 Å². The highest BCUT2D eigenvalue weighted by Gasteiger charge is 2.16. The zero-order valence-corrected chi connectivity index (χ0v) is 12.7. The molecule has 0 aliphatic carbocycles. The number of carbonyl (C=O) groups is 1. The highest BCUT2D eigenvalue weighted by Crippen LogP contribution is 2.21. The SMILES string of the molecule is COc1ccc(N)c(C(=O)N(C)Cc2cccc(Cl)c2)c1. The molecule has 4 nitrogen and oxygen atoms in total. The number of nitrogen functional groups attached to an aromatic ring is 1. The van der Waals surface area contributed by atoms with Crippen LogP contribution in [0.3, 0.4) is 0 Å². The van der Waals surface area contributed by atoms with Crippen molar-refractivity contribution >= 4 is 23.2 Å². The van der Waals surface area contributed by atoms with Crippen LogP contribution in [-0.4, -0.2) is 25.0 Å². The molecule has 0 unspecified atom stereocenters. The first kappa shape index (κ1) is 15.2. The number of nitrogens with two attached hydrogens (primary N) is 1. The van der Waals surface area contributed by atoms with E-state index in [0.717, 1.165) is 5.56 Å². The van der Waals surface area contributed by atoms with Gasteiger partial charge in [0.05, 0.1) is 12.7 Å². The van der Waals surface area contributed by atoms with Crippen molar-refractivity contribution in [1.82, 2.24) is 4.90 Å². The molecular formula is C16H17ClN2O2. The van der Waals surface area contributed by atoms with E-state index in [1.54, 1.807) is 43.3 Å². The fourth-order valence-electron chi connectivity index (χ4n) is 2.03. The molecule has 0 saturated heterocycles. The molecule has 2 aromatic rings. The molecule has 0 bridgehead atoms. The van der Waals surface area contributed by atoms with Gasteiger partial charge < -0.3 is 15.4 Å². The smallest absolute Gasteiger partial charge is 0.256 e. The lowest BCUT2D eigenvalue weighted by Crippen LogP contribution is -2.27.